The molecule has 0 aliphatic carbocycles. The topological polar surface area (TPSA) is 144 Å². The van der Waals surface area contributed by atoms with Crippen LogP contribution in [-0.4, -0.2) is 85.0 Å². The molecule has 0 spiro atoms. The summed E-state index contributed by atoms with van der Waals surface area (Å²) in [6, 6.07) is -1.06. The maximum Gasteiger partial charge on any atom is 0.407 e. The van der Waals surface area contributed by atoms with Gasteiger partial charge in [-0.15, -0.1) is 0 Å². The van der Waals surface area contributed by atoms with Crippen LogP contribution in [0.1, 0.15) is 44.9 Å². The number of aliphatic hydroxyl groups excluding tert-OH is 3. The van der Waals surface area contributed by atoms with Crippen LogP contribution in [0.25, 0.3) is 0 Å². The predicted octanol–water partition coefficient (Wildman–Crippen LogP) is 0.626. The van der Waals surface area contributed by atoms with Crippen molar-refractivity contribution in [3.63, 3.8) is 0 Å². The summed E-state index contributed by atoms with van der Waals surface area (Å²) in [4.78, 5) is 22.9. The van der Waals surface area contributed by atoms with Gasteiger partial charge >= 0.3 is 12.1 Å². The standard InChI is InChI=1S/C20H35NO9.3Ac/c1-3-11-29-20(26)21-16-18(25)17(24)14(13-22)30-19(16)28-12-9-7-5-4-6-8-10-15(23)27-2;;;/h3,14,16-19,22,24-25H,1,4-13H2,2H3,(H,21,26);;;/t14?,16?,17-,18?,19-;;;/m1.../s1. The van der Waals surface area contributed by atoms with Crippen LogP contribution in [0.3, 0.4) is 0 Å². The monoisotopic (exact) mass is 1110 g/mol. The first-order valence-electron chi connectivity index (χ1n) is 10.3. The van der Waals surface area contributed by atoms with Crippen molar-refractivity contribution < 1.29 is 176 Å². The molecule has 1 saturated heterocycles. The Morgan fingerprint density at radius 3 is 2.21 bits per heavy atom. The van der Waals surface area contributed by atoms with Gasteiger partial charge in [0.05, 0.1) is 13.7 Å². The fraction of sp³-hybridized carbons (Fsp3) is 0.800. The van der Waals surface area contributed by atoms with E-state index in [0.29, 0.717) is 13.0 Å². The first kappa shape index (κ1) is 40.1. The van der Waals surface area contributed by atoms with Crippen LogP contribution in [-0.2, 0) is 23.7 Å². The smallest absolute Gasteiger partial charge is 0.407 e. The fourth-order valence-corrected chi connectivity index (χ4v) is 3.07. The largest absolute Gasteiger partial charge is 0.469 e. The predicted molar refractivity (Wildman–Crippen MR) is 107 cm³/mol. The minimum atomic E-state index is -1.40. The fourth-order valence-electron chi connectivity index (χ4n) is 3.07. The quantitative estimate of drug-likeness (QED) is 0.112. The second-order valence-electron chi connectivity index (χ2n) is 7.08. The summed E-state index contributed by atoms with van der Waals surface area (Å²) in [6.45, 7) is 3.24. The van der Waals surface area contributed by atoms with Gasteiger partial charge in [-0.2, -0.15) is 0 Å². The van der Waals surface area contributed by atoms with Crippen molar-refractivity contribution in [3.05, 3.63) is 12.7 Å². The molecule has 1 amide bonds. The number of hydrogen-bond acceptors (Lipinski definition) is 9. The van der Waals surface area contributed by atoms with E-state index in [4.69, 9.17) is 14.2 Å². The zero-order chi connectivity index (χ0) is 22.4. The van der Waals surface area contributed by atoms with Crippen molar-refractivity contribution in [2.45, 2.75) is 75.6 Å². The SMILES string of the molecule is C=CCOC(=O)NC1C(O)[C@H](O)C(CO)O[C@H]1OCCCCCCCCC(=O)OC.[Ac].[Ac].[Ac]. The van der Waals surface area contributed by atoms with Gasteiger partial charge in [0.1, 0.15) is 31.0 Å². The zero-order valence-corrected chi connectivity index (χ0v) is 33.5. The molecule has 13 heteroatoms. The Hall–Kier alpha value is 2.60. The van der Waals surface area contributed by atoms with Gasteiger partial charge < -0.3 is 39.6 Å². The van der Waals surface area contributed by atoms with Gasteiger partial charge in [0.25, 0.3) is 0 Å². The van der Waals surface area contributed by atoms with Gasteiger partial charge in [-0.25, -0.2) is 4.79 Å². The molecule has 10 nitrogen and oxygen atoms in total. The molecule has 0 aromatic heterocycles. The first-order valence-corrected chi connectivity index (χ1v) is 10.3. The summed E-state index contributed by atoms with van der Waals surface area (Å²) in [7, 11) is 1.38. The van der Waals surface area contributed by atoms with Crippen LogP contribution in [0.15, 0.2) is 12.7 Å². The molecular formula is C20H35Ac3NO9. The van der Waals surface area contributed by atoms with E-state index in [1.54, 1.807) is 0 Å². The van der Waals surface area contributed by atoms with Gasteiger partial charge in [0.2, 0.25) is 0 Å². The molecular weight excluding hydrogens is 1080 g/mol. The molecule has 0 aromatic rings. The summed E-state index contributed by atoms with van der Waals surface area (Å²) in [5.41, 5.74) is 0. The molecule has 0 bridgehead atoms. The van der Waals surface area contributed by atoms with Crippen molar-refractivity contribution >= 4 is 12.1 Å². The minimum Gasteiger partial charge on any atom is -0.469 e. The van der Waals surface area contributed by atoms with Gasteiger partial charge in [-0.1, -0.05) is 38.3 Å². The molecule has 1 aliphatic heterocycles. The number of rotatable bonds is 14. The third kappa shape index (κ3) is 16.9. The Balaban J connectivity index is -0.00000300. The normalized spacial score (nSPS) is 23.7. The summed E-state index contributed by atoms with van der Waals surface area (Å²) < 4.78 is 20.6. The Labute approximate surface area is 303 Å². The van der Waals surface area contributed by atoms with Crippen LogP contribution in [0, 0.1) is 132 Å². The Kier molecular flexibility index (Phi) is 30.3. The van der Waals surface area contributed by atoms with Crippen LogP contribution < -0.4 is 5.32 Å². The number of unbranched alkanes of at least 4 members (excludes halogenated alkanes) is 5. The number of alkyl carbamates (subject to hydrolysis) is 1. The number of carbonyl (C=O) groups is 2. The van der Waals surface area contributed by atoms with Gasteiger partial charge in [-0.05, 0) is 12.8 Å². The van der Waals surface area contributed by atoms with E-state index in [2.05, 4.69) is 16.6 Å². The van der Waals surface area contributed by atoms with Gasteiger partial charge in [0, 0.05) is 145 Å². The maximum absolute atomic E-state index is 11.8. The number of carbonyl (C=O) groups excluding carboxylic acids is 2. The van der Waals surface area contributed by atoms with Crippen LogP contribution in [0.5, 0.6) is 0 Å². The van der Waals surface area contributed by atoms with Crippen LogP contribution in [0.2, 0.25) is 0 Å². The molecule has 1 heterocycles. The molecule has 1 fully saturated rings. The van der Waals surface area contributed by atoms with Crippen molar-refractivity contribution in [1.82, 2.24) is 5.32 Å². The van der Waals surface area contributed by atoms with E-state index in [1.807, 2.05) is 0 Å². The molecule has 5 atom stereocenters. The van der Waals surface area contributed by atoms with Crippen molar-refractivity contribution in [3.8, 4) is 0 Å². The van der Waals surface area contributed by atoms with Crippen molar-refractivity contribution in [1.29, 1.82) is 0 Å². The number of amides is 1. The third-order valence-electron chi connectivity index (χ3n) is 4.78. The number of ether oxygens (including phenoxy) is 4. The molecule has 1 aliphatic rings. The van der Waals surface area contributed by atoms with Crippen LogP contribution >= 0.6 is 0 Å². The van der Waals surface area contributed by atoms with E-state index in [9.17, 15) is 24.9 Å². The van der Waals surface area contributed by atoms with E-state index in [0.717, 1.165) is 38.5 Å². The molecule has 3 radical (unpaired) electrons. The molecule has 4 N–H and O–H groups in total. The summed E-state index contributed by atoms with van der Waals surface area (Å²) >= 11 is 0. The third-order valence-corrected chi connectivity index (χ3v) is 4.78. The summed E-state index contributed by atoms with van der Waals surface area (Å²) in [6.07, 6.45) is 1.52. The second-order valence-corrected chi connectivity index (χ2v) is 7.08. The first-order chi connectivity index (χ1) is 14.4. The minimum absolute atomic E-state index is 0. The van der Waals surface area contributed by atoms with E-state index in [-0.39, 0.29) is 145 Å². The van der Waals surface area contributed by atoms with Crippen LogP contribution in [0.4, 0.5) is 4.79 Å². The number of nitrogens with one attached hydrogen (secondary N) is 1. The molecule has 183 valence electrons. The Morgan fingerprint density at radius 2 is 1.64 bits per heavy atom. The van der Waals surface area contributed by atoms with E-state index in [1.165, 1.54) is 13.2 Å². The average Bonchev–Trinajstić information content (AvgIpc) is 2.75. The molecule has 33 heavy (non-hydrogen) atoms. The molecule has 0 aromatic carbocycles. The van der Waals surface area contributed by atoms with Gasteiger partial charge in [-0.3, -0.25) is 4.79 Å². The summed E-state index contributed by atoms with van der Waals surface area (Å²) in [5, 5.41) is 32.1. The summed E-state index contributed by atoms with van der Waals surface area (Å²) in [5.74, 6) is -0.194. The average molecular weight is 1110 g/mol. The van der Waals surface area contributed by atoms with Crippen molar-refractivity contribution in [2.24, 2.45) is 0 Å². The number of aliphatic hydroxyl groups is 3. The number of esters is 1. The van der Waals surface area contributed by atoms with E-state index >= 15 is 0 Å². The number of hydrogen-bond donors (Lipinski definition) is 4. The van der Waals surface area contributed by atoms with Gasteiger partial charge in [0.15, 0.2) is 6.29 Å². The maximum atomic E-state index is 11.8. The molecule has 0 saturated carbocycles. The van der Waals surface area contributed by atoms with E-state index < -0.39 is 43.3 Å². The number of methoxy groups -OCH3 is 1. The molecule has 1 rings (SSSR count). The molecule has 3 unspecified atom stereocenters. The Morgan fingerprint density at radius 1 is 1.03 bits per heavy atom. The van der Waals surface area contributed by atoms with Crippen molar-refractivity contribution in [2.75, 3.05) is 26.9 Å². The zero-order valence-electron chi connectivity index (χ0n) is 19.3. The Bertz CT molecular complexity index is 531. The second kappa shape index (κ2) is 24.9.